The minimum absolute atomic E-state index is 0.496. The molecule has 2 heteroatoms. The lowest BCUT2D eigenvalue weighted by atomic mass is 9.99. The minimum atomic E-state index is 0.496. The molecule has 0 spiro atoms. The number of hydrogen-bond acceptors (Lipinski definition) is 1. The van der Waals surface area contributed by atoms with Gasteiger partial charge in [-0.05, 0) is 29.4 Å². The van der Waals surface area contributed by atoms with Crippen molar-refractivity contribution in [3.63, 3.8) is 0 Å². The Morgan fingerprint density at radius 2 is 1.93 bits per heavy atom. The fourth-order valence-corrected chi connectivity index (χ4v) is 2.92. The largest absolute Gasteiger partial charge is 0.162 e. The fraction of sp³-hybridized carbons (Fsp3) is 0.538. The number of halogens is 1. The minimum Gasteiger partial charge on any atom is -0.162 e. The van der Waals surface area contributed by atoms with E-state index < -0.39 is 0 Å². The number of alkyl halides is 1. The summed E-state index contributed by atoms with van der Waals surface area (Å²) in [4.78, 5) is 0.496. The molecule has 15 heavy (non-hydrogen) atoms. The third kappa shape index (κ3) is 4.60. The molecule has 2 atom stereocenters. The van der Waals surface area contributed by atoms with E-state index in [-0.39, 0.29) is 0 Å². The van der Waals surface area contributed by atoms with E-state index in [1.54, 1.807) is 0 Å². The van der Waals surface area contributed by atoms with Crippen LogP contribution in [0.15, 0.2) is 30.3 Å². The van der Waals surface area contributed by atoms with Crippen molar-refractivity contribution in [3.05, 3.63) is 35.9 Å². The van der Waals surface area contributed by atoms with Crippen molar-refractivity contribution in [1.29, 1.82) is 0 Å². The Balaban J connectivity index is 2.42. The van der Waals surface area contributed by atoms with Gasteiger partial charge in [0.25, 0.3) is 0 Å². The first-order valence-electron chi connectivity index (χ1n) is 5.52. The summed E-state index contributed by atoms with van der Waals surface area (Å²) < 4.78 is 0. The lowest BCUT2D eigenvalue weighted by Gasteiger charge is -2.18. The monoisotopic (exact) mass is 286 g/mol. The van der Waals surface area contributed by atoms with E-state index >= 15 is 0 Å². The van der Waals surface area contributed by atoms with Gasteiger partial charge in [-0.25, -0.2) is 0 Å². The molecular weight excluding hydrogens is 268 g/mol. The van der Waals surface area contributed by atoms with Gasteiger partial charge in [0.15, 0.2) is 0 Å². The first-order valence-corrected chi connectivity index (χ1v) is 7.59. The zero-order valence-corrected chi connectivity index (χ0v) is 11.9. The molecule has 0 aromatic heterocycles. The molecular formula is C13H19BrS. The van der Waals surface area contributed by atoms with E-state index in [0.29, 0.717) is 10.7 Å². The maximum absolute atomic E-state index is 3.79. The smallest absolute Gasteiger partial charge is 0.0421 e. The first kappa shape index (κ1) is 13.1. The van der Waals surface area contributed by atoms with E-state index in [2.05, 4.69) is 60.1 Å². The third-order valence-electron chi connectivity index (χ3n) is 2.54. The second kappa shape index (κ2) is 7.34. The van der Waals surface area contributed by atoms with Crippen molar-refractivity contribution in [2.45, 2.75) is 25.1 Å². The van der Waals surface area contributed by atoms with Crippen molar-refractivity contribution in [1.82, 2.24) is 0 Å². The van der Waals surface area contributed by atoms with Gasteiger partial charge >= 0.3 is 0 Å². The average Bonchev–Trinajstić information content (AvgIpc) is 2.29. The van der Waals surface area contributed by atoms with Crippen LogP contribution in [0.4, 0.5) is 0 Å². The third-order valence-corrected chi connectivity index (χ3v) is 4.90. The van der Waals surface area contributed by atoms with E-state index in [9.17, 15) is 0 Å². The Bertz CT molecular complexity index is 260. The predicted molar refractivity (Wildman–Crippen MR) is 74.9 cm³/mol. The van der Waals surface area contributed by atoms with E-state index in [1.807, 2.05) is 11.8 Å². The molecule has 84 valence electrons. The molecule has 0 radical (unpaired) electrons. The van der Waals surface area contributed by atoms with Crippen LogP contribution in [0.25, 0.3) is 0 Å². The molecule has 1 aromatic rings. The van der Waals surface area contributed by atoms with Gasteiger partial charge in [0.1, 0.15) is 0 Å². The van der Waals surface area contributed by atoms with Crippen molar-refractivity contribution >= 4 is 27.7 Å². The second-order valence-electron chi connectivity index (χ2n) is 3.78. The lowest BCUT2D eigenvalue weighted by molar-refractivity contribution is 0.560. The van der Waals surface area contributed by atoms with Crippen molar-refractivity contribution in [3.8, 4) is 0 Å². The molecule has 1 rings (SSSR count). The highest BCUT2D eigenvalue weighted by Gasteiger charge is 2.15. The Labute approximate surface area is 106 Å². The lowest BCUT2D eigenvalue weighted by Crippen LogP contribution is -2.04. The van der Waals surface area contributed by atoms with Gasteiger partial charge in [0.2, 0.25) is 0 Å². The van der Waals surface area contributed by atoms with Crippen LogP contribution in [-0.2, 0) is 0 Å². The van der Waals surface area contributed by atoms with Crippen molar-refractivity contribution < 1.29 is 0 Å². The van der Waals surface area contributed by atoms with Crippen LogP contribution in [0.3, 0.4) is 0 Å². The predicted octanol–water partition coefficient (Wildman–Crippen LogP) is 4.90. The van der Waals surface area contributed by atoms with E-state index in [0.717, 1.165) is 0 Å². The van der Waals surface area contributed by atoms with Crippen LogP contribution in [-0.4, -0.2) is 11.5 Å². The first-order chi connectivity index (χ1) is 7.25. The zero-order chi connectivity index (χ0) is 11.1. The van der Waals surface area contributed by atoms with E-state index in [4.69, 9.17) is 0 Å². The van der Waals surface area contributed by atoms with Crippen LogP contribution in [0.1, 0.15) is 30.7 Å². The van der Waals surface area contributed by atoms with Crippen molar-refractivity contribution in [2.75, 3.05) is 11.5 Å². The number of benzene rings is 1. The summed E-state index contributed by atoms with van der Waals surface area (Å²) in [6, 6.07) is 10.7. The van der Waals surface area contributed by atoms with Crippen LogP contribution in [0.5, 0.6) is 0 Å². The van der Waals surface area contributed by atoms with Crippen LogP contribution >= 0.6 is 27.7 Å². The summed E-state index contributed by atoms with van der Waals surface area (Å²) in [7, 11) is 0. The molecule has 0 aliphatic carbocycles. The Morgan fingerprint density at radius 1 is 1.27 bits per heavy atom. The van der Waals surface area contributed by atoms with Gasteiger partial charge < -0.3 is 0 Å². The Morgan fingerprint density at radius 3 is 2.53 bits per heavy atom. The number of rotatable bonds is 6. The van der Waals surface area contributed by atoms with Crippen molar-refractivity contribution in [2.24, 2.45) is 5.92 Å². The molecule has 0 saturated carbocycles. The topological polar surface area (TPSA) is 0 Å². The highest BCUT2D eigenvalue weighted by atomic mass is 79.9. The molecule has 0 fully saturated rings. The van der Waals surface area contributed by atoms with Gasteiger partial charge in [-0.15, -0.1) is 0 Å². The van der Waals surface area contributed by atoms with Crippen LogP contribution in [0.2, 0.25) is 0 Å². The number of thioether (sulfide) groups is 1. The maximum Gasteiger partial charge on any atom is 0.0421 e. The SMILES string of the molecule is CCSCCC(C)C(Br)c1ccccc1. The molecule has 0 N–H and O–H groups in total. The van der Waals surface area contributed by atoms with Gasteiger partial charge in [-0.1, -0.05) is 60.1 Å². The zero-order valence-electron chi connectivity index (χ0n) is 9.45. The molecule has 0 aliphatic heterocycles. The highest BCUT2D eigenvalue weighted by molar-refractivity contribution is 9.09. The normalized spacial score (nSPS) is 14.9. The quantitative estimate of drug-likeness (QED) is 0.529. The fourth-order valence-electron chi connectivity index (χ4n) is 1.53. The average molecular weight is 287 g/mol. The molecule has 0 aliphatic rings. The van der Waals surface area contributed by atoms with Crippen LogP contribution in [0, 0.1) is 5.92 Å². The maximum atomic E-state index is 3.79. The summed E-state index contributed by atoms with van der Waals surface area (Å²) in [5.74, 6) is 3.20. The Kier molecular flexibility index (Phi) is 6.42. The highest BCUT2D eigenvalue weighted by Crippen LogP contribution is 2.33. The van der Waals surface area contributed by atoms with Gasteiger partial charge in [-0.2, -0.15) is 11.8 Å². The Hall–Kier alpha value is 0.0500. The molecule has 0 nitrogen and oxygen atoms in total. The molecule has 0 amide bonds. The molecule has 0 bridgehead atoms. The van der Waals surface area contributed by atoms with Gasteiger partial charge in [-0.3, -0.25) is 0 Å². The summed E-state index contributed by atoms with van der Waals surface area (Å²) in [6.45, 7) is 4.54. The van der Waals surface area contributed by atoms with Crippen LogP contribution < -0.4 is 0 Å². The molecule has 0 heterocycles. The number of hydrogen-bond donors (Lipinski definition) is 0. The second-order valence-corrected chi connectivity index (χ2v) is 6.16. The summed E-state index contributed by atoms with van der Waals surface area (Å²) >= 11 is 5.82. The summed E-state index contributed by atoms with van der Waals surface area (Å²) in [5, 5.41) is 0. The van der Waals surface area contributed by atoms with E-state index in [1.165, 1.54) is 23.5 Å². The molecule has 1 aromatic carbocycles. The summed E-state index contributed by atoms with van der Waals surface area (Å²) in [6.07, 6.45) is 1.28. The molecule has 0 saturated heterocycles. The van der Waals surface area contributed by atoms with Gasteiger partial charge in [0.05, 0.1) is 0 Å². The molecule has 2 unspecified atom stereocenters. The summed E-state index contributed by atoms with van der Waals surface area (Å²) in [5.41, 5.74) is 1.39. The standard InChI is InChI=1S/C13H19BrS/c1-3-15-10-9-11(2)13(14)12-7-5-4-6-8-12/h4-8,11,13H,3,9-10H2,1-2H3. The van der Waals surface area contributed by atoms with Gasteiger partial charge in [0, 0.05) is 4.83 Å².